The molecular weight excluding hydrogens is 196 g/mol. The Kier molecular flexibility index (Phi) is 2.60. The maximum atomic E-state index is 4.45. The SMILES string of the molecule is c1ccc2cc([C@H]3C[N]CCN3)ccc2c1. The van der Waals surface area contributed by atoms with Gasteiger partial charge in [-0.1, -0.05) is 36.4 Å². The molecule has 0 aromatic heterocycles. The van der Waals surface area contributed by atoms with Crippen LogP contribution in [0, 0.1) is 0 Å². The third-order valence-corrected chi connectivity index (χ3v) is 3.15. The highest BCUT2D eigenvalue weighted by molar-refractivity contribution is 5.83. The molecule has 2 heteroatoms. The van der Waals surface area contributed by atoms with Crippen molar-refractivity contribution in [2.45, 2.75) is 6.04 Å². The summed E-state index contributed by atoms with van der Waals surface area (Å²) in [7, 11) is 0. The molecule has 16 heavy (non-hydrogen) atoms. The molecule has 1 aliphatic heterocycles. The van der Waals surface area contributed by atoms with E-state index in [2.05, 4.69) is 53.1 Å². The summed E-state index contributed by atoms with van der Waals surface area (Å²) >= 11 is 0. The Balaban J connectivity index is 1.97. The van der Waals surface area contributed by atoms with Crippen LogP contribution in [0.2, 0.25) is 0 Å². The van der Waals surface area contributed by atoms with Crippen molar-refractivity contribution >= 4 is 10.8 Å². The lowest BCUT2D eigenvalue weighted by molar-refractivity contribution is 0.424. The van der Waals surface area contributed by atoms with Crippen LogP contribution < -0.4 is 10.6 Å². The van der Waals surface area contributed by atoms with Crippen LogP contribution in [0.3, 0.4) is 0 Å². The number of hydrogen-bond acceptors (Lipinski definition) is 1. The third kappa shape index (κ3) is 1.82. The highest BCUT2D eigenvalue weighted by Crippen LogP contribution is 2.20. The van der Waals surface area contributed by atoms with Crippen molar-refractivity contribution in [1.29, 1.82) is 0 Å². The van der Waals surface area contributed by atoms with Gasteiger partial charge in [0.15, 0.2) is 0 Å². The second kappa shape index (κ2) is 4.24. The zero-order valence-corrected chi connectivity index (χ0v) is 9.19. The van der Waals surface area contributed by atoms with Crippen molar-refractivity contribution in [1.82, 2.24) is 10.6 Å². The van der Waals surface area contributed by atoms with Crippen LogP contribution >= 0.6 is 0 Å². The molecule has 1 heterocycles. The predicted octanol–water partition coefficient (Wildman–Crippen LogP) is 2.09. The average Bonchev–Trinajstić information content (AvgIpc) is 2.39. The van der Waals surface area contributed by atoms with Crippen molar-refractivity contribution in [3.8, 4) is 0 Å². The zero-order chi connectivity index (χ0) is 10.8. The smallest absolute Gasteiger partial charge is 0.0464 e. The van der Waals surface area contributed by atoms with Gasteiger partial charge in [-0.2, -0.15) is 0 Å². The van der Waals surface area contributed by atoms with E-state index >= 15 is 0 Å². The molecule has 3 rings (SSSR count). The molecule has 0 saturated carbocycles. The van der Waals surface area contributed by atoms with E-state index in [0.29, 0.717) is 6.04 Å². The number of rotatable bonds is 1. The van der Waals surface area contributed by atoms with Crippen LogP contribution in [0.5, 0.6) is 0 Å². The molecule has 1 radical (unpaired) electrons. The Morgan fingerprint density at radius 3 is 2.75 bits per heavy atom. The van der Waals surface area contributed by atoms with E-state index in [0.717, 1.165) is 19.6 Å². The standard InChI is InChI=1S/C14H15N2/c1-2-4-12-9-13(6-5-11(12)3-1)14-10-15-7-8-16-14/h1-6,9,14,16H,7-8,10H2/t14-/m1/s1. The van der Waals surface area contributed by atoms with Crippen molar-refractivity contribution < 1.29 is 0 Å². The molecule has 0 bridgehead atoms. The fourth-order valence-electron chi connectivity index (χ4n) is 2.25. The summed E-state index contributed by atoms with van der Waals surface area (Å²) in [5, 5.41) is 10.6. The molecule has 0 amide bonds. The number of piperazine rings is 1. The molecule has 2 aromatic rings. The Hall–Kier alpha value is -1.38. The third-order valence-electron chi connectivity index (χ3n) is 3.15. The zero-order valence-electron chi connectivity index (χ0n) is 9.19. The fourth-order valence-corrected chi connectivity index (χ4v) is 2.25. The maximum Gasteiger partial charge on any atom is 0.0464 e. The van der Waals surface area contributed by atoms with Crippen LogP contribution in [0.1, 0.15) is 11.6 Å². The van der Waals surface area contributed by atoms with Gasteiger partial charge in [0.1, 0.15) is 0 Å². The van der Waals surface area contributed by atoms with E-state index in [9.17, 15) is 0 Å². The molecule has 81 valence electrons. The highest BCUT2D eigenvalue weighted by atomic mass is 15.1. The van der Waals surface area contributed by atoms with E-state index in [4.69, 9.17) is 0 Å². The van der Waals surface area contributed by atoms with E-state index < -0.39 is 0 Å². The first-order valence-electron chi connectivity index (χ1n) is 5.79. The molecule has 0 aliphatic carbocycles. The minimum Gasteiger partial charge on any atom is -0.307 e. The second-order valence-corrected chi connectivity index (χ2v) is 4.24. The summed E-state index contributed by atoms with van der Waals surface area (Å²) in [6, 6.07) is 15.6. The van der Waals surface area contributed by atoms with Crippen LogP contribution in [0.4, 0.5) is 0 Å². The van der Waals surface area contributed by atoms with E-state index in [1.807, 2.05) is 0 Å². The summed E-state index contributed by atoms with van der Waals surface area (Å²) in [5.74, 6) is 0. The van der Waals surface area contributed by atoms with E-state index in [1.54, 1.807) is 0 Å². The lowest BCUT2D eigenvalue weighted by atomic mass is 10.0. The molecule has 1 atom stereocenters. The van der Waals surface area contributed by atoms with Crippen molar-refractivity contribution in [3.05, 3.63) is 48.0 Å². The van der Waals surface area contributed by atoms with E-state index in [-0.39, 0.29) is 0 Å². The molecule has 1 saturated heterocycles. The fraction of sp³-hybridized carbons (Fsp3) is 0.286. The number of benzene rings is 2. The summed E-state index contributed by atoms with van der Waals surface area (Å²) in [6.45, 7) is 2.85. The maximum absolute atomic E-state index is 4.45. The topological polar surface area (TPSA) is 26.1 Å². The summed E-state index contributed by atoms with van der Waals surface area (Å²) < 4.78 is 0. The lowest BCUT2D eigenvalue weighted by Gasteiger charge is -2.23. The summed E-state index contributed by atoms with van der Waals surface area (Å²) in [6.07, 6.45) is 0. The Morgan fingerprint density at radius 1 is 1.06 bits per heavy atom. The minimum atomic E-state index is 0.401. The van der Waals surface area contributed by atoms with Gasteiger partial charge in [0.25, 0.3) is 0 Å². The first-order chi connectivity index (χ1) is 7.93. The Labute approximate surface area is 95.7 Å². The Morgan fingerprint density at radius 2 is 1.94 bits per heavy atom. The van der Waals surface area contributed by atoms with Gasteiger partial charge >= 0.3 is 0 Å². The number of hydrogen-bond donors (Lipinski definition) is 1. The first-order valence-corrected chi connectivity index (χ1v) is 5.79. The number of nitrogens with one attached hydrogen (secondary N) is 1. The second-order valence-electron chi connectivity index (χ2n) is 4.24. The molecule has 1 aliphatic rings. The normalized spacial score (nSPS) is 21.1. The number of fused-ring (bicyclic) bond motifs is 1. The summed E-state index contributed by atoms with van der Waals surface area (Å²) in [5.41, 5.74) is 1.35. The van der Waals surface area contributed by atoms with Gasteiger partial charge in [0.05, 0.1) is 0 Å². The molecule has 1 N–H and O–H groups in total. The van der Waals surface area contributed by atoms with Gasteiger partial charge in [-0.05, 0) is 22.4 Å². The Bertz CT molecular complexity index is 487. The average molecular weight is 211 g/mol. The van der Waals surface area contributed by atoms with E-state index in [1.165, 1.54) is 16.3 Å². The summed E-state index contributed by atoms with van der Waals surface area (Å²) in [4.78, 5) is 0. The van der Waals surface area contributed by atoms with Crippen LogP contribution in [-0.2, 0) is 0 Å². The first kappa shape index (κ1) is 9.82. The quantitative estimate of drug-likeness (QED) is 0.768. The van der Waals surface area contributed by atoms with Gasteiger partial charge in [0.2, 0.25) is 0 Å². The van der Waals surface area contributed by atoms with Crippen molar-refractivity contribution in [3.63, 3.8) is 0 Å². The van der Waals surface area contributed by atoms with Crippen molar-refractivity contribution in [2.75, 3.05) is 19.6 Å². The van der Waals surface area contributed by atoms with Gasteiger partial charge in [-0.25, -0.2) is 5.32 Å². The molecular formula is C14H15N2. The molecule has 0 unspecified atom stereocenters. The van der Waals surface area contributed by atoms with Crippen molar-refractivity contribution in [2.24, 2.45) is 0 Å². The molecule has 2 nitrogen and oxygen atoms in total. The number of nitrogens with zero attached hydrogens (tertiary/aromatic N) is 1. The molecule has 2 aromatic carbocycles. The van der Waals surface area contributed by atoms with Gasteiger partial charge in [0, 0.05) is 25.7 Å². The molecule has 0 spiro atoms. The minimum absolute atomic E-state index is 0.401. The van der Waals surface area contributed by atoms with Crippen LogP contribution in [-0.4, -0.2) is 19.6 Å². The van der Waals surface area contributed by atoms with Gasteiger partial charge in [-0.3, -0.25) is 0 Å². The van der Waals surface area contributed by atoms with Crippen LogP contribution in [0.25, 0.3) is 10.8 Å². The van der Waals surface area contributed by atoms with Gasteiger partial charge < -0.3 is 5.32 Å². The van der Waals surface area contributed by atoms with Gasteiger partial charge in [-0.15, -0.1) is 0 Å². The molecule has 1 fully saturated rings. The highest BCUT2D eigenvalue weighted by Gasteiger charge is 2.14. The van der Waals surface area contributed by atoms with Crippen LogP contribution in [0.15, 0.2) is 42.5 Å². The largest absolute Gasteiger partial charge is 0.307 e. The monoisotopic (exact) mass is 211 g/mol. The lowest BCUT2D eigenvalue weighted by Crippen LogP contribution is -2.38. The predicted molar refractivity (Wildman–Crippen MR) is 66.6 cm³/mol.